The van der Waals surface area contributed by atoms with Crippen molar-refractivity contribution in [3.05, 3.63) is 29.8 Å². The molecule has 112 valence electrons. The normalized spacial score (nSPS) is 10.4. The molecule has 3 N–H and O–H groups in total. The van der Waals surface area contributed by atoms with Crippen LogP contribution >= 0.6 is 11.8 Å². The lowest BCUT2D eigenvalue weighted by Crippen LogP contribution is -2.24. The average Bonchev–Trinajstić information content (AvgIpc) is 2.83. The lowest BCUT2D eigenvalue weighted by molar-refractivity contribution is -0.118. The van der Waals surface area contributed by atoms with E-state index >= 15 is 0 Å². The van der Waals surface area contributed by atoms with Crippen LogP contribution in [-0.2, 0) is 18.4 Å². The number of hydrogen-bond acceptors (Lipinski definition) is 6. The zero-order chi connectivity index (χ0) is 15.2. The second-order valence-electron chi connectivity index (χ2n) is 4.32. The Bertz CT molecular complexity index is 629. The number of methoxy groups -OCH3 is 1. The fourth-order valence-electron chi connectivity index (χ4n) is 1.62. The first-order chi connectivity index (χ1) is 10.1. The number of thioether (sulfide) groups is 1. The number of carbonyl (C=O) groups excluding carboxylic acids is 1. The molecule has 2 aromatic rings. The van der Waals surface area contributed by atoms with Gasteiger partial charge in [0.05, 0.1) is 12.9 Å². The standard InChI is InChI=1S/C13H17N5O2S/c1-18-12(14)16-17-13(18)21-8-11(19)15-7-9-4-3-5-10(6-9)20-2/h3-6H,7-8H2,1-2H3,(H2,14,16)(H,15,19). The van der Waals surface area contributed by atoms with Gasteiger partial charge in [0.25, 0.3) is 0 Å². The number of nitrogens with two attached hydrogens (primary N) is 1. The summed E-state index contributed by atoms with van der Waals surface area (Å²) in [6.07, 6.45) is 0. The third-order valence-corrected chi connectivity index (χ3v) is 3.85. The van der Waals surface area contributed by atoms with Crippen molar-refractivity contribution in [3.63, 3.8) is 0 Å². The Morgan fingerprint density at radius 1 is 1.48 bits per heavy atom. The van der Waals surface area contributed by atoms with Crippen molar-refractivity contribution >= 4 is 23.6 Å². The molecule has 1 aromatic heterocycles. The molecule has 0 spiro atoms. The van der Waals surface area contributed by atoms with Gasteiger partial charge in [-0.3, -0.25) is 9.36 Å². The van der Waals surface area contributed by atoms with Crippen LogP contribution in [0.4, 0.5) is 5.95 Å². The Labute approximate surface area is 126 Å². The molecule has 0 aliphatic rings. The highest BCUT2D eigenvalue weighted by atomic mass is 32.2. The van der Waals surface area contributed by atoms with Crippen molar-refractivity contribution in [3.8, 4) is 5.75 Å². The number of nitrogens with zero attached hydrogens (tertiary/aromatic N) is 3. The number of aromatic nitrogens is 3. The van der Waals surface area contributed by atoms with Crippen LogP contribution in [0.3, 0.4) is 0 Å². The average molecular weight is 307 g/mol. The molecule has 21 heavy (non-hydrogen) atoms. The van der Waals surface area contributed by atoms with Crippen LogP contribution < -0.4 is 15.8 Å². The van der Waals surface area contributed by atoms with Gasteiger partial charge in [0.15, 0.2) is 5.16 Å². The first-order valence-electron chi connectivity index (χ1n) is 6.27. The van der Waals surface area contributed by atoms with Gasteiger partial charge in [-0.1, -0.05) is 23.9 Å². The van der Waals surface area contributed by atoms with Gasteiger partial charge in [-0.05, 0) is 17.7 Å². The van der Waals surface area contributed by atoms with E-state index in [-0.39, 0.29) is 11.7 Å². The van der Waals surface area contributed by atoms with Crippen LogP contribution in [0.15, 0.2) is 29.4 Å². The van der Waals surface area contributed by atoms with Gasteiger partial charge in [0.1, 0.15) is 5.75 Å². The van der Waals surface area contributed by atoms with Crippen LogP contribution in [0.25, 0.3) is 0 Å². The molecule has 0 atom stereocenters. The van der Waals surface area contributed by atoms with Gasteiger partial charge >= 0.3 is 0 Å². The van der Waals surface area contributed by atoms with Crippen LogP contribution in [0, 0.1) is 0 Å². The van der Waals surface area contributed by atoms with Gasteiger partial charge in [-0.2, -0.15) is 0 Å². The zero-order valence-electron chi connectivity index (χ0n) is 11.9. The third kappa shape index (κ3) is 4.12. The quantitative estimate of drug-likeness (QED) is 0.767. The maximum absolute atomic E-state index is 11.8. The Morgan fingerprint density at radius 2 is 2.29 bits per heavy atom. The number of hydrogen-bond donors (Lipinski definition) is 2. The largest absolute Gasteiger partial charge is 0.497 e. The van der Waals surface area contributed by atoms with Crippen LogP contribution in [0.2, 0.25) is 0 Å². The molecule has 1 heterocycles. The van der Waals surface area contributed by atoms with E-state index in [4.69, 9.17) is 10.5 Å². The molecule has 0 aliphatic carbocycles. The molecule has 0 fully saturated rings. The van der Waals surface area contributed by atoms with Crippen molar-refractivity contribution in [1.29, 1.82) is 0 Å². The summed E-state index contributed by atoms with van der Waals surface area (Å²) in [7, 11) is 3.37. The molecular weight excluding hydrogens is 290 g/mol. The van der Waals surface area contributed by atoms with Gasteiger partial charge in [0, 0.05) is 13.6 Å². The van der Waals surface area contributed by atoms with Gasteiger partial charge in [-0.15, -0.1) is 10.2 Å². The number of benzene rings is 1. The highest BCUT2D eigenvalue weighted by Gasteiger charge is 2.09. The molecule has 1 amide bonds. The Morgan fingerprint density at radius 3 is 2.95 bits per heavy atom. The topological polar surface area (TPSA) is 95.1 Å². The van der Waals surface area contributed by atoms with E-state index in [1.165, 1.54) is 11.8 Å². The molecule has 0 saturated heterocycles. The van der Waals surface area contributed by atoms with E-state index < -0.39 is 0 Å². The van der Waals surface area contributed by atoms with Crippen LogP contribution in [0.5, 0.6) is 5.75 Å². The van der Waals surface area contributed by atoms with E-state index in [0.717, 1.165) is 11.3 Å². The summed E-state index contributed by atoms with van der Waals surface area (Å²) in [4.78, 5) is 11.8. The summed E-state index contributed by atoms with van der Waals surface area (Å²) in [5.41, 5.74) is 6.55. The summed E-state index contributed by atoms with van der Waals surface area (Å²) in [6, 6.07) is 7.56. The number of carbonyl (C=O) groups is 1. The first-order valence-corrected chi connectivity index (χ1v) is 7.26. The van der Waals surface area contributed by atoms with E-state index in [9.17, 15) is 4.79 Å². The molecule has 0 unspecified atom stereocenters. The maximum atomic E-state index is 11.8. The fraction of sp³-hybridized carbons (Fsp3) is 0.308. The second-order valence-corrected chi connectivity index (χ2v) is 5.26. The number of amides is 1. The van der Waals surface area contributed by atoms with E-state index in [1.807, 2.05) is 24.3 Å². The minimum Gasteiger partial charge on any atom is -0.497 e. The highest BCUT2D eigenvalue weighted by molar-refractivity contribution is 7.99. The minimum atomic E-state index is -0.0793. The monoisotopic (exact) mass is 307 g/mol. The molecule has 0 bridgehead atoms. The molecule has 0 aliphatic heterocycles. The van der Waals surface area contributed by atoms with Crippen molar-refractivity contribution in [2.75, 3.05) is 18.6 Å². The summed E-state index contributed by atoms with van der Waals surface area (Å²) < 4.78 is 6.77. The lowest BCUT2D eigenvalue weighted by Gasteiger charge is -2.06. The molecule has 0 saturated carbocycles. The summed E-state index contributed by atoms with van der Waals surface area (Å²) in [5.74, 6) is 1.28. The number of anilines is 1. The smallest absolute Gasteiger partial charge is 0.230 e. The summed E-state index contributed by atoms with van der Waals surface area (Å²) in [5, 5.41) is 11.1. The minimum absolute atomic E-state index is 0.0793. The molecule has 2 rings (SSSR count). The molecule has 1 aromatic carbocycles. The molecule has 7 nitrogen and oxygen atoms in total. The van der Waals surface area contributed by atoms with E-state index in [2.05, 4.69) is 15.5 Å². The zero-order valence-corrected chi connectivity index (χ0v) is 12.7. The molecule has 0 radical (unpaired) electrons. The number of rotatable bonds is 6. The predicted octanol–water partition coefficient (Wildman–Crippen LogP) is 0.814. The van der Waals surface area contributed by atoms with Crippen molar-refractivity contribution in [2.45, 2.75) is 11.7 Å². The van der Waals surface area contributed by atoms with Crippen LogP contribution in [0.1, 0.15) is 5.56 Å². The number of nitrogens with one attached hydrogen (secondary N) is 1. The van der Waals surface area contributed by atoms with Crippen molar-refractivity contribution < 1.29 is 9.53 Å². The molecular formula is C13H17N5O2S. The maximum Gasteiger partial charge on any atom is 0.230 e. The van der Waals surface area contributed by atoms with Crippen molar-refractivity contribution in [1.82, 2.24) is 20.1 Å². The predicted molar refractivity (Wildman–Crippen MR) is 81.0 cm³/mol. The Hall–Kier alpha value is -2.22. The summed E-state index contributed by atoms with van der Waals surface area (Å²) >= 11 is 1.29. The highest BCUT2D eigenvalue weighted by Crippen LogP contribution is 2.16. The molecule has 8 heteroatoms. The third-order valence-electron chi connectivity index (χ3n) is 2.82. The van der Waals surface area contributed by atoms with E-state index in [1.54, 1.807) is 18.7 Å². The van der Waals surface area contributed by atoms with Gasteiger partial charge in [-0.25, -0.2) is 0 Å². The SMILES string of the molecule is COc1cccc(CNC(=O)CSc2nnc(N)n2C)c1. The van der Waals surface area contributed by atoms with Gasteiger partial charge < -0.3 is 15.8 Å². The fourth-order valence-corrected chi connectivity index (χ4v) is 2.36. The Balaban J connectivity index is 1.80. The summed E-state index contributed by atoms with van der Waals surface area (Å²) in [6.45, 7) is 0.456. The second kappa shape index (κ2) is 6.98. The van der Waals surface area contributed by atoms with Crippen LogP contribution in [-0.4, -0.2) is 33.5 Å². The lowest BCUT2D eigenvalue weighted by atomic mass is 10.2. The Kier molecular flexibility index (Phi) is 5.04. The van der Waals surface area contributed by atoms with Crippen molar-refractivity contribution in [2.24, 2.45) is 7.05 Å². The number of nitrogen functional groups attached to an aromatic ring is 1. The number of ether oxygens (including phenoxy) is 1. The first kappa shape index (κ1) is 15.2. The van der Waals surface area contributed by atoms with Gasteiger partial charge in [0.2, 0.25) is 11.9 Å². The van der Waals surface area contributed by atoms with E-state index in [0.29, 0.717) is 17.6 Å².